The van der Waals surface area contributed by atoms with Crippen molar-refractivity contribution >= 4 is 45.9 Å². The number of rotatable bonds is 8. The van der Waals surface area contributed by atoms with Crippen molar-refractivity contribution in [2.24, 2.45) is 0 Å². The number of ketones is 1. The Labute approximate surface area is 241 Å². The van der Waals surface area contributed by atoms with Crippen LogP contribution in [0.25, 0.3) is 5.82 Å². The molecule has 3 heterocycles. The number of hydrogen-bond acceptors (Lipinski definition) is 6. The average Bonchev–Trinajstić information content (AvgIpc) is 3.52. The molecule has 0 aliphatic carbocycles. The Morgan fingerprint density at radius 2 is 1.85 bits per heavy atom. The monoisotopic (exact) mass is 693 g/mol. The van der Waals surface area contributed by atoms with Crippen molar-refractivity contribution in [1.29, 1.82) is 0 Å². The maximum atomic E-state index is 13.7. The van der Waals surface area contributed by atoms with Crippen LogP contribution in [0.2, 0.25) is 5.02 Å². The number of alkyl halides is 5. The molecule has 0 aliphatic heterocycles. The average molecular weight is 694 g/mol. The third kappa shape index (κ3) is 5.84. The van der Waals surface area contributed by atoms with E-state index in [9.17, 15) is 31.5 Å². The minimum absolute atomic E-state index is 0.0237. The summed E-state index contributed by atoms with van der Waals surface area (Å²) in [5.74, 6) is -6.02. The number of Topliss-reactive ketones (excluding diaryl/α,β-unsaturated/α-hetero) is 1. The summed E-state index contributed by atoms with van der Waals surface area (Å²) in [5, 5.41) is 13.7. The molecule has 0 radical (unpaired) electrons. The minimum atomic E-state index is -5.86. The number of aromatic nitrogens is 6. The van der Waals surface area contributed by atoms with E-state index >= 15 is 0 Å². The third-order valence-electron chi connectivity index (χ3n) is 5.75. The van der Waals surface area contributed by atoms with Gasteiger partial charge in [-0.25, -0.2) is 9.67 Å². The lowest BCUT2D eigenvalue weighted by atomic mass is 9.95. The topological polar surface area (TPSA) is 108 Å². The van der Waals surface area contributed by atoms with E-state index in [1.807, 2.05) is 6.07 Å². The molecule has 9 nitrogen and oxygen atoms in total. The molecule has 16 heteroatoms. The van der Waals surface area contributed by atoms with Crippen molar-refractivity contribution < 1.29 is 31.5 Å². The van der Waals surface area contributed by atoms with Gasteiger partial charge in [-0.05, 0) is 71.0 Å². The van der Waals surface area contributed by atoms with Crippen molar-refractivity contribution in [2.45, 2.75) is 32.0 Å². The molecule has 1 N–H and O–H groups in total. The van der Waals surface area contributed by atoms with Crippen LogP contribution in [0, 0.1) is 10.5 Å². The first-order valence-corrected chi connectivity index (χ1v) is 12.8. The standard InChI is InChI=1S/C24H18ClF5IN7O2/c1-12-6-13(31)7-16(22(40)32-2)15(12)9-19(39)18-8-14(35-38(18)21-17(25)4-3-5-33-21)11-37-34-10-20(36-37)23(26,27)24(28,29)30/h3-8,10H,9,11H2,1-2H3,(H,32,40). The van der Waals surface area contributed by atoms with E-state index in [0.29, 0.717) is 27.7 Å². The molecule has 0 saturated heterocycles. The van der Waals surface area contributed by atoms with Gasteiger partial charge in [0, 0.05) is 28.8 Å². The zero-order valence-corrected chi connectivity index (χ0v) is 23.5. The molecule has 0 spiro atoms. The van der Waals surface area contributed by atoms with Crippen molar-refractivity contribution in [3.63, 3.8) is 0 Å². The van der Waals surface area contributed by atoms with Gasteiger partial charge in [-0.3, -0.25) is 9.59 Å². The van der Waals surface area contributed by atoms with E-state index in [1.165, 1.54) is 25.4 Å². The molecular weight excluding hydrogens is 676 g/mol. The number of pyridine rings is 1. The lowest BCUT2D eigenvalue weighted by molar-refractivity contribution is -0.291. The summed E-state index contributed by atoms with van der Waals surface area (Å²) in [6.45, 7) is 1.31. The zero-order chi connectivity index (χ0) is 29.4. The Hall–Kier alpha value is -3.47. The molecule has 4 rings (SSSR count). The number of hydrogen-bond donors (Lipinski definition) is 1. The smallest absolute Gasteiger partial charge is 0.355 e. The van der Waals surface area contributed by atoms with Crippen LogP contribution >= 0.6 is 34.2 Å². The summed E-state index contributed by atoms with van der Waals surface area (Å²) < 4.78 is 67.5. The van der Waals surface area contributed by atoms with Crippen LogP contribution in [0.1, 0.15) is 43.4 Å². The second-order valence-electron chi connectivity index (χ2n) is 8.50. The van der Waals surface area contributed by atoms with Crippen LogP contribution < -0.4 is 5.32 Å². The summed E-state index contributed by atoms with van der Waals surface area (Å²) in [7, 11) is 1.47. The van der Waals surface area contributed by atoms with Gasteiger partial charge in [0.15, 0.2) is 17.3 Å². The Morgan fingerprint density at radius 3 is 2.50 bits per heavy atom. The quantitative estimate of drug-likeness (QED) is 0.160. The van der Waals surface area contributed by atoms with Crippen LogP contribution in [0.4, 0.5) is 22.0 Å². The van der Waals surface area contributed by atoms with E-state index in [0.717, 1.165) is 8.25 Å². The number of amides is 1. The molecule has 40 heavy (non-hydrogen) atoms. The number of nitrogens with zero attached hydrogens (tertiary/aromatic N) is 6. The molecule has 0 unspecified atom stereocenters. The van der Waals surface area contributed by atoms with E-state index in [4.69, 9.17) is 11.6 Å². The number of benzene rings is 1. The molecule has 4 aromatic rings. The van der Waals surface area contributed by atoms with Crippen LogP contribution in [0.15, 0.2) is 42.7 Å². The van der Waals surface area contributed by atoms with E-state index in [-0.39, 0.29) is 34.6 Å². The van der Waals surface area contributed by atoms with Gasteiger partial charge in [0.25, 0.3) is 5.91 Å². The van der Waals surface area contributed by atoms with E-state index < -0.39 is 30.1 Å². The summed E-state index contributed by atoms with van der Waals surface area (Å²) in [4.78, 5) is 30.9. The SMILES string of the molecule is CNC(=O)c1cc(I)cc(C)c1CC(=O)c1cc(Cn2ncc(C(F)(F)C(F)(F)F)n2)nn1-c1ncccc1Cl. The lowest BCUT2D eigenvalue weighted by Gasteiger charge is -2.16. The highest BCUT2D eigenvalue weighted by Gasteiger charge is 2.60. The van der Waals surface area contributed by atoms with Crippen molar-refractivity contribution in [3.05, 3.63) is 85.1 Å². The minimum Gasteiger partial charge on any atom is -0.355 e. The molecule has 0 fully saturated rings. The Bertz CT molecular complexity index is 1600. The van der Waals surface area contributed by atoms with Crippen LogP contribution in [0.5, 0.6) is 0 Å². The molecule has 0 bridgehead atoms. The van der Waals surface area contributed by atoms with Crippen LogP contribution in [-0.4, -0.2) is 54.7 Å². The van der Waals surface area contributed by atoms with Gasteiger partial charge in [-0.2, -0.15) is 42.0 Å². The molecule has 3 aromatic heterocycles. The molecule has 0 aliphatic rings. The first kappa shape index (κ1) is 29.5. The third-order valence-corrected chi connectivity index (χ3v) is 6.67. The number of aryl methyl sites for hydroxylation is 1. The Morgan fingerprint density at radius 1 is 1.12 bits per heavy atom. The molecule has 0 atom stereocenters. The summed E-state index contributed by atoms with van der Waals surface area (Å²) >= 11 is 8.34. The predicted octanol–water partition coefficient (Wildman–Crippen LogP) is 4.91. The summed E-state index contributed by atoms with van der Waals surface area (Å²) in [6, 6.07) is 7.82. The normalized spacial score (nSPS) is 12.0. The van der Waals surface area contributed by atoms with Crippen molar-refractivity contribution in [2.75, 3.05) is 7.05 Å². The molecule has 0 saturated carbocycles. The first-order valence-electron chi connectivity index (χ1n) is 11.3. The van der Waals surface area contributed by atoms with Gasteiger partial charge in [-0.1, -0.05) is 11.6 Å². The number of carbonyl (C=O) groups is 2. The second-order valence-corrected chi connectivity index (χ2v) is 10.2. The Balaban J connectivity index is 1.74. The number of halogens is 7. The maximum absolute atomic E-state index is 13.7. The van der Waals surface area contributed by atoms with E-state index in [1.54, 1.807) is 19.1 Å². The van der Waals surface area contributed by atoms with Crippen molar-refractivity contribution in [3.8, 4) is 5.82 Å². The molecular formula is C24H18ClF5IN7O2. The zero-order valence-electron chi connectivity index (χ0n) is 20.6. The fourth-order valence-corrected chi connectivity index (χ4v) is 4.78. The highest BCUT2D eigenvalue weighted by Crippen LogP contribution is 2.42. The largest absolute Gasteiger partial charge is 0.459 e. The van der Waals surface area contributed by atoms with Gasteiger partial charge in [-0.15, -0.1) is 0 Å². The molecule has 1 amide bonds. The van der Waals surface area contributed by atoms with Gasteiger partial charge in [0.2, 0.25) is 0 Å². The first-order chi connectivity index (χ1) is 18.7. The van der Waals surface area contributed by atoms with Gasteiger partial charge in [0.1, 0.15) is 12.2 Å². The highest BCUT2D eigenvalue weighted by molar-refractivity contribution is 14.1. The Kier molecular flexibility index (Phi) is 8.26. The van der Waals surface area contributed by atoms with E-state index in [2.05, 4.69) is 48.2 Å². The molecule has 1 aromatic carbocycles. The van der Waals surface area contributed by atoms with Crippen LogP contribution in [0.3, 0.4) is 0 Å². The van der Waals surface area contributed by atoms with Gasteiger partial charge in [0.05, 0.1) is 16.9 Å². The second kappa shape index (κ2) is 11.2. The lowest BCUT2D eigenvalue weighted by Crippen LogP contribution is -2.34. The number of carbonyl (C=O) groups excluding carboxylic acids is 2. The maximum Gasteiger partial charge on any atom is 0.459 e. The summed E-state index contributed by atoms with van der Waals surface area (Å²) in [6.07, 6.45) is -4.36. The van der Waals surface area contributed by atoms with Gasteiger partial charge < -0.3 is 5.32 Å². The predicted molar refractivity (Wildman–Crippen MR) is 141 cm³/mol. The van der Waals surface area contributed by atoms with Crippen LogP contribution in [-0.2, 0) is 18.9 Å². The van der Waals surface area contributed by atoms with Crippen molar-refractivity contribution in [1.82, 2.24) is 35.1 Å². The number of nitrogens with one attached hydrogen (secondary N) is 1. The molecule has 210 valence electrons. The fourth-order valence-electron chi connectivity index (χ4n) is 3.80. The fraction of sp³-hybridized carbons (Fsp3) is 0.250. The summed E-state index contributed by atoms with van der Waals surface area (Å²) in [5.41, 5.74) is -0.0858. The van der Waals surface area contributed by atoms with Gasteiger partial charge >= 0.3 is 12.1 Å². The highest BCUT2D eigenvalue weighted by atomic mass is 127.